The summed E-state index contributed by atoms with van der Waals surface area (Å²) in [5, 5.41) is 0.289. The van der Waals surface area contributed by atoms with E-state index in [2.05, 4.69) is 13.8 Å². The van der Waals surface area contributed by atoms with Gasteiger partial charge < -0.3 is 4.74 Å². The third-order valence-electron chi connectivity index (χ3n) is 3.03. The Bertz CT molecular complexity index is 372. The van der Waals surface area contributed by atoms with Gasteiger partial charge in [-0.1, -0.05) is 33.8 Å². The molecular weight excluding hydrogens is 246 g/mol. The summed E-state index contributed by atoms with van der Waals surface area (Å²) in [6, 6.07) is -0.0192. The second kappa shape index (κ2) is 5.39. The molecule has 0 N–H and O–H groups in total. The number of hydrogen-bond acceptors (Lipinski definition) is 3. The van der Waals surface area contributed by atoms with E-state index in [0.717, 1.165) is 0 Å². The Labute approximate surface area is 115 Å². The van der Waals surface area contributed by atoms with Gasteiger partial charge in [0.15, 0.2) is 0 Å². The number of carbonyl (C=O) groups excluding carboxylic acids is 1. The summed E-state index contributed by atoms with van der Waals surface area (Å²) in [6.07, 6.45) is 3.48. The zero-order chi connectivity index (χ0) is 14.1. The third-order valence-corrected chi connectivity index (χ3v) is 3.31. The Morgan fingerprint density at radius 2 is 1.94 bits per heavy atom. The number of nitrogens with zero attached hydrogens (tertiary/aromatic N) is 1. The minimum absolute atomic E-state index is 0.0192. The van der Waals surface area contributed by atoms with E-state index in [4.69, 9.17) is 17.0 Å². The van der Waals surface area contributed by atoms with Crippen LogP contribution in [0.3, 0.4) is 0 Å². The van der Waals surface area contributed by atoms with Crippen LogP contribution in [0.2, 0.25) is 0 Å². The Morgan fingerprint density at radius 3 is 2.39 bits per heavy atom. The maximum absolute atomic E-state index is 12.2. The maximum Gasteiger partial charge on any atom is 0.267 e. The number of allylic oxidation sites excluding steroid dienone is 1. The molecule has 1 atom stereocenters. The molecule has 18 heavy (non-hydrogen) atoms. The molecule has 1 fully saturated rings. The minimum atomic E-state index is -0.424. The molecular formula is C14H23NO2S. The fraction of sp³-hybridized carbons (Fsp3) is 0.714. The first-order valence-corrected chi connectivity index (χ1v) is 6.82. The highest BCUT2D eigenvalue weighted by Gasteiger charge is 2.49. The molecule has 1 heterocycles. The lowest BCUT2D eigenvalue weighted by Gasteiger charge is -2.31. The van der Waals surface area contributed by atoms with Gasteiger partial charge >= 0.3 is 0 Å². The monoisotopic (exact) mass is 269 g/mol. The summed E-state index contributed by atoms with van der Waals surface area (Å²) in [7, 11) is 0. The van der Waals surface area contributed by atoms with Crippen LogP contribution in [0.4, 0.5) is 0 Å². The van der Waals surface area contributed by atoms with E-state index in [9.17, 15) is 4.79 Å². The highest BCUT2D eigenvalue weighted by atomic mass is 32.1. The molecule has 1 amide bonds. The van der Waals surface area contributed by atoms with E-state index < -0.39 is 5.60 Å². The molecule has 0 aromatic carbocycles. The zero-order valence-electron chi connectivity index (χ0n) is 12.1. The molecule has 0 unspecified atom stereocenters. The Morgan fingerprint density at radius 1 is 1.39 bits per heavy atom. The van der Waals surface area contributed by atoms with Crippen LogP contribution in [-0.4, -0.2) is 27.6 Å². The van der Waals surface area contributed by atoms with E-state index in [-0.39, 0.29) is 23.0 Å². The normalized spacial score (nSPS) is 23.2. The van der Waals surface area contributed by atoms with E-state index in [0.29, 0.717) is 5.92 Å². The van der Waals surface area contributed by atoms with Gasteiger partial charge in [-0.25, -0.2) is 0 Å². The average Bonchev–Trinajstić information content (AvgIpc) is 2.44. The predicted molar refractivity (Wildman–Crippen MR) is 77.2 cm³/mol. The quantitative estimate of drug-likeness (QED) is 0.582. The molecule has 1 aliphatic rings. The lowest BCUT2D eigenvalue weighted by molar-refractivity contribution is -0.124. The van der Waals surface area contributed by atoms with E-state index in [1.807, 2.05) is 33.8 Å². The van der Waals surface area contributed by atoms with Gasteiger partial charge in [-0.05, 0) is 44.0 Å². The van der Waals surface area contributed by atoms with Gasteiger partial charge in [0.1, 0.15) is 5.60 Å². The van der Waals surface area contributed by atoms with Crippen LogP contribution < -0.4 is 0 Å². The zero-order valence-corrected chi connectivity index (χ0v) is 12.9. The first-order valence-electron chi connectivity index (χ1n) is 6.41. The van der Waals surface area contributed by atoms with Crippen molar-refractivity contribution in [2.75, 3.05) is 0 Å². The van der Waals surface area contributed by atoms with E-state index >= 15 is 0 Å². The highest BCUT2D eigenvalue weighted by molar-refractivity contribution is 7.80. The average molecular weight is 269 g/mol. The number of ether oxygens (including phenoxy) is 1. The molecule has 0 aliphatic carbocycles. The Balaban J connectivity index is 2.98. The summed E-state index contributed by atoms with van der Waals surface area (Å²) in [5.41, 5.74) is -0.424. The van der Waals surface area contributed by atoms with E-state index in [1.165, 1.54) is 0 Å². The molecule has 0 radical (unpaired) electrons. The lowest BCUT2D eigenvalue weighted by atomic mass is 9.89. The number of carbonyl (C=O) groups is 1. The van der Waals surface area contributed by atoms with E-state index in [1.54, 1.807) is 11.0 Å². The molecule has 0 aromatic rings. The van der Waals surface area contributed by atoms with Gasteiger partial charge in [-0.15, -0.1) is 0 Å². The minimum Gasteiger partial charge on any atom is -0.462 e. The SMILES string of the molecule is CC(C)/C=C/C(=O)N1C(=S)OC(C)(C)[C@@H]1C(C)C. The number of rotatable bonds is 3. The topological polar surface area (TPSA) is 29.5 Å². The molecule has 1 aliphatic heterocycles. The standard InChI is InChI=1S/C14H23NO2S/c1-9(2)7-8-11(16)15-12(10(3)4)14(5,6)17-13(15)18/h7-10,12H,1-6H3/b8-7+/t12-/m0/s1. The molecule has 0 saturated carbocycles. The Hall–Kier alpha value is -0.900. The van der Waals surface area contributed by atoms with Crippen molar-refractivity contribution in [3.05, 3.63) is 12.2 Å². The van der Waals surface area contributed by atoms with Gasteiger partial charge in [-0.3, -0.25) is 9.69 Å². The van der Waals surface area contributed by atoms with Crippen LogP contribution in [0, 0.1) is 11.8 Å². The number of amides is 1. The van der Waals surface area contributed by atoms with Crippen molar-refractivity contribution >= 4 is 23.3 Å². The first kappa shape index (κ1) is 15.2. The molecule has 102 valence electrons. The van der Waals surface area contributed by atoms with Crippen LogP contribution in [-0.2, 0) is 9.53 Å². The van der Waals surface area contributed by atoms with Crippen LogP contribution in [0.25, 0.3) is 0 Å². The van der Waals surface area contributed by atoms with Gasteiger partial charge in [0.2, 0.25) is 0 Å². The molecule has 1 saturated heterocycles. The maximum atomic E-state index is 12.2. The van der Waals surface area contributed by atoms with Crippen molar-refractivity contribution in [2.24, 2.45) is 11.8 Å². The largest absolute Gasteiger partial charge is 0.462 e. The predicted octanol–water partition coefficient (Wildman–Crippen LogP) is 3.15. The first-order chi connectivity index (χ1) is 8.16. The number of thiocarbonyl (C=S) groups is 1. The fourth-order valence-corrected chi connectivity index (χ4v) is 2.86. The van der Waals surface area contributed by atoms with Crippen molar-refractivity contribution in [1.29, 1.82) is 0 Å². The molecule has 3 nitrogen and oxygen atoms in total. The van der Waals surface area contributed by atoms with Crippen LogP contribution in [0.15, 0.2) is 12.2 Å². The lowest BCUT2D eigenvalue weighted by Crippen LogP contribution is -2.47. The smallest absolute Gasteiger partial charge is 0.267 e. The van der Waals surface area contributed by atoms with Gasteiger partial charge in [-0.2, -0.15) is 0 Å². The molecule has 0 aromatic heterocycles. The van der Waals surface area contributed by atoms with Crippen molar-refractivity contribution in [3.63, 3.8) is 0 Å². The summed E-state index contributed by atoms with van der Waals surface area (Å²) in [6.45, 7) is 12.2. The molecule has 0 spiro atoms. The van der Waals surface area contributed by atoms with Crippen molar-refractivity contribution in [2.45, 2.75) is 53.2 Å². The fourth-order valence-electron chi connectivity index (χ4n) is 2.44. The van der Waals surface area contributed by atoms with Crippen molar-refractivity contribution in [1.82, 2.24) is 4.90 Å². The summed E-state index contributed by atoms with van der Waals surface area (Å²) < 4.78 is 5.67. The molecule has 4 heteroatoms. The van der Waals surface area contributed by atoms with Gasteiger partial charge in [0, 0.05) is 0 Å². The van der Waals surface area contributed by atoms with Gasteiger partial charge in [0.25, 0.3) is 11.1 Å². The van der Waals surface area contributed by atoms with Crippen LogP contribution in [0.1, 0.15) is 41.5 Å². The number of hydrogen-bond donors (Lipinski definition) is 0. The van der Waals surface area contributed by atoms with Gasteiger partial charge in [0.05, 0.1) is 6.04 Å². The van der Waals surface area contributed by atoms with Crippen LogP contribution in [0.5, 0.6) is 0 Å². The van der Waals surface area contributed by atoms with Crippen molar-refractivity contribution < 1.29 is 9.53 Å². The summed E-state index contributed by atoms with van der Waals surface area (Å²) >= 11 is 5.19. The summed E-state index contributed by atoms with van der Waals surface area (Å²) in [4.78, 5) is 13.8. The Kier molecular flexibility index (Phi) is 4.54. The van der Waals surface area contributed by atoms with Crippen LogP contribution >= 0.6 is 12.2 Å². The third kappa shape index (κ3) is 3.10. The molecule has 0 bridgehead atoms. The highest BCUT2D eigenvalue weighted by Crippen LogP contribution is 2.34. The second-order valence-corrected chi connectivity index (χ2v) is 6.32. The second-order valence-electron chi connectivity index (χ2n) is 5.97. The molecule has 1 rings (SSSR count). The summed E-state index contributed by atoms with van der Waals surface area (Å²) in [5.74, 6) is 0.548. The van der Waals surface area contributed by atoms with Crippen molar-refractivity contribution in [3.8, 4) is 0 Å².